The zero-order chi connectivity index (χ0) is 8.32. The van der Waals surface area contributed by atoms with Crippen LogP contribution in [0.2, 0.25) is 0 Å². The molecule has 64 valence electrons. The third kappa shape index (κ3) is 2.66. The van der Waals surface area contributed by atoms with Gasteiger partial charge in [0.1, 0.15) is 0 Å². The first-order valence-electron chi connectivity index (χ1n) is 4.42. The molecule has 0 aromatic carbocycles. The van der Waals surface area contributed by atoms with Gasteiger partial charge in [-0.2, -0.15) is 0 Å². The van der Waals surface area contributed by atoms with Gasteiger partial charge in [-0.05, 0) is 30.6 Å². The summed E-state index contributed by atoms with van der Waals surface area (Å²) < 4.78 is 0. The monoisotopic (exact) mass is 154 g/mol. The quantitative estimate of drug-likeness (QED) is 0.605. The lowest BCUT2D eigenvalue weighted by Crippen LogP contribution is -2.18. The molecule has 0 heterocycles. The van der Waals surface area contributed by atoms with E-state index in [1.807, 2.05) is 0 Å². The summed E-state index contributed by atoms with van der Waals surface area (Å²) in [5.41, 5.74) is 0.359. The van der Waals surface area contributed by atoms with Crippen molar-refractivity contribution in [3.8, 4) is 0 Å². The molecule has 0 saturated carbocycles. The van der Waals surface area contributed by atoms with E-state index in [-0.39, 0.29) is 0 Å². The van der Waals surface area contributed by atoms with E-state index in [1.54, 1.807) is 0 Å². The fourth-order valence-electron chi connectivity index (χ4n) is 1.88. The van der Waals surface area contributed by atoms with Crippen LogP contribution in [-0.2, 0) is 0 Å². The molecule has 0 fully saturated rings. The Balaban J connectivity index is 2.45. The van der Waals surface area contributed by atoms with Crippen molar-refractivity contribution in [3.05, 3.63) is 12.2 Å². The second-order valence-electron chi connectivity index (χ2n) is 4.21. The van der Waals surface area contributed by atoms with Crippen molar-refractivity contribution in [1.29, 1.82) is 0 Å². The molecular formula is C10H18O. The predicted molar refractivity (Wildman–Crippen MR) is 47.3 cm³/mol. The molecule has 0 radical (unpaired) electrons. The summed E-state index contributed by atoms with van der Waals surface area (Å²) in [6.45, 7) is 4.86. The van der Waals surface area contributed by atoms with E-state index >= 15 is 0 Å². The molecular weight excluding hydrogens is 136 g/mol. The molecule has 0 aromatic rings. The lowest BCUT2D eigenvalue weighted by atomic mass is 9.76. The van der Waals surface area contributed by atoms with Crippen LogP contribution >= 0.6 is 0 Å². The van der Waals surface area contributed by atoms with Gasteiger partial charge >= 0.3 is 0 Å². The summed E-state index contributed by atoms with van der Waals surface area (Å²) in [6, 6.07) is 0. The summed E-state index contributed by atoms with van der Waals surface area (Å²) in [5, 5.41) is 8.76. The third-order valence-electron chi connectivity index (χ3n) is 2.39. The van der Waals surface area contributed by atoms with Crippen molar-refractivity contribution in [2.45, 2.75) is 33.1 Å². The van der Waals surface area contributed by atoms with Crippen molar-refractivity contribution in [2.24, 2.45) is 11.3 Å². The molecule has 0 amide bonds. The topological polar surface area (TPSA) is 20.2 Å². The van der Waals surface area contributed by atoms with E-state index < -0.39 is 0 Å². The largest absolute Gasteiger partial charge is 0.396 e. The Kier molecular flexibility index (Phi) is 2.72. The highest BCUT2D eigenvalue weighted by molar-refractivity contribution is 5.01. The van der Waals surface area contributed by atoms with Crippen LogP contribution in [0.4, 0.5) is 0 Å². The van der Waals surface area contributed by atoms with Crippen LogP contribution < -0.4 is 0 Å². The van der Waals surface area contributed by atoms with E-state index in [2.05, 4.69) is 26.0 Å². The molecule has 0 aliphatic heterocycles. The maximum absolute atomic E-state index is 8.76. The highest BCUT2D eigenvalue weighted by atomic mass is 16.3. The van der Waals surface area contributed by atoms with Crippen molar-refractivity contribution in [1.82, 2.24) is 0 Å². The van der Waals surface area contributed by atoms with Crippen molar-refractivity contribution >= 4 is 0 Å². The minimum atomic E-state index is 0.342. The smallest absolute Gasteiger partial charge is 0.0433 e. The first-order chi connectivity index (χ1) is 5.14. The molecule has 1 aliphatic carbocycles. The SMILES string of the molecule is CC1(C)C=CCC(CCO)C1. The van der Waals surface area contributed by atoms with Gasteiger partial charge in [-0.3, -0.25) is 0 Å². The molecule has 1 rings (SSSR count). The predicted octanol–water partition coefficient (Wildman–Crippen LogP) is 2.36. The molecule has 0 saturated heterocycles. The second-order valence-corrected chi connectivity index (χ2v) is 4.21. The number of allylic oxidation sites excluding steroid dienone is 2. The van der Waals surface area contributed by atoms with Crippen LogP contribution in [0.25, 0.3) is 0 Å². The standard InChI is InChI=1S/C10H18O/c1-10(2)6-3-4-9(8-10)5-7-11/h3,6,9,11H,4-5,7-8H2,1-2H3. The van der Waals surface area contributed by atoms with E-state index in [0.29, 0.717) is 17.9 Å². The number of rotatable bonds is 2. The minimum absolute atomic E-state index is 0.342. The molecule has 0 bridgehead atoms. The molecule has 1 atom stereocenters. The summed E-state index contributed by atoms with van der Waals surface area (Å²) in [6.07, 6.45) is 7.90. The van der Waals surface area contributed by atoms with Crippen molar-refractivity contribution in [3.63, 3.8) is 0 Å². The summed E-state index contributed by atoms with van der Waals surface area (Å²) >= 11 is 0. The lowest BCUT2D eigenvalue weighted by molar-refractivity contribution is 0.222. The second kappa shape index (κ2) is 3.40. The minimum Gasteiger partial charge on any atom is -0.396 e. The Morgan fingerprint density at radius 2 is 2.27 bits per heavy atom. The van der Waals surface area contributed by atoms with Gasteiger partial charge in [-0.1, -0.05) is 26.0 Å². The number of aliphatic hydroxyl groups excluding tert-OH is 1. The maximum Gasteiger partial charge on any atom is 0.0433 e. The molecule has 1 heteroatoms. The fourth-order valence-corrected chi connectivity index (χ4v) is 1.88. The number of hydrogen-bond acceptors (Lipinski definition) is 1. The fraction of sp³-hybridized carbons (Fsp3) is 0.800. The highest BCUT2D eigenvalue weighted by Gasteiger charge is 2.22. The molecule has 1 nitrogen and oxygen atoms in total. The van der Waals surface area contributed by atoms with E-state index in [0.717, 1.165) is 12.8 Å². The normalized spacial score (nSPS) is 28.8. The Labute approximate surface area is 69.1 Å². The molecule has 1 N–H and O–H groups in total. The Bertz CT molecular complexity index is 147. The van der Waals surface area contributed by atoms with Crippen LogP contribution in [0, 0.1) is 11.3 Å². The van der Waals surface area contributed by atoms with E-state index in [1.165, 1.54) is 6.42 Å². The van der Waals surface area contributed by atoms with Crippen LogP contribution in [0.1, 0.15) is 33.1 Å². The van der Waals surface area contributed by atoms with Crippen LogP contribution in [0.15, 0.2) is 12.2 Å². The summed E-state index contributed by atoms with van der Waals surface area (Å²) in [5.74, 6) is 0.708. The summed E-state index contributed by atoms with van der Waals surface area (Å²) in [4.78, 5) is 0. The van der Waals surface area contributed by atoms with Crippen LogP contribution in [-0.4, -0.2) is 11.7 Å². The van der Waals surface area contributed by atoms with Crippen molar-refractivity contribution < 1.29 is 5.11 Å². The van der Waals surface area contributed by atoms with Gasteiger partial charge in [0, 0.05) is 6.61 Å². The zero-order valence-electron chi connectivity index (χ0n) is 7.51. The van der Waals surface area contributed by atoms with Gasteiger partial charge in [-0.15, -0.1) is 0 Å². The Morgan fingerprint density at radius 3 is 2.82 bits per heavy atom. The average molecular weight is 154 g/mol. The molecule has 1 unspecified atom stereocenters. The Hall–Kier alpha value is -0.300. The van der Waals surface area contributed by atoms with Gasteiger partial charge in [-0.25, -0.2) is 0 Å². The van der Waals surface area contributed by atoms with Crippen molar-refractivity contribution in [2.75, 3.05) is 6.61 Å². The average Bonchev–Trinajstić information content (AvgIpc) is 1.85. The lowest BCUT2D eigenvalue weighted by Gasteiger charge is -2.30. The van der Waals surface area contributed by atoms with Gasteiger partial charge in [0.2, 0.25) is 0 Å². The van der Waals surface area contributed by atoms with Gasteiger partial charge < -0.3 is 5.11 Å². The Morgan fingerprint density at radius 1 is 1.55 bits per heavy atom. The van der Waals surface area contributed by atoms with E-state index in [9.17, 15) is 0 Å². The summed E-state index contributed by atoms with van der Waals surface area (Å²) in [7, 11) is 0. The molecule has 1 aliphatic rings. The molecule has 0 spiro atoms. The van der Waals surface area contributed by atoms with Gasteiger partial charge in [0.05, 0.1) is 0 Å². The first-order valence-corrected chi connectivity index (χ1v) is 4.42. The van der Waals surface area contributed by atoms with E-state index in [4.69, 9.17) is 5.11 Å². The first kappa shape index (κ1) is 8.79. The number of aliphatic hydroxyl groups is 1. The van der Waals surface area contributed by atoms with Gasteiger partial charge in [0.15, 0.2) is 0 Å². The third-order valence-corrected chi connectivity index (χ3v) is 2.39. The maximum atomic E-state index is 8.76. The molecule has 0 aromatic heterocycles. The molecule has 11 heavy (non-hydrogen) atoms. The number of hydrogen-bond donors (Lipinski definition) is 1. The highest BCUT2D eigenvalue weighted by Crippen LogP contribution is 2.34. The van der Waals surface area contributed by atoms with Crippen LogP contribution in [0.5, 0.6) is 0 Å². The van der Waals surface area contributed by atoms with Crippen LogP contribution in [0.3, 0.4) is 0 Å². The zero-order valence-corrected chi connectivity index (χ0v) is 7.51. The van der Waals surface area contributed by atoms with Gasteiger partial charge in [0.25, 0.3) is 0 Å².